The summed E-state index contributed by atoms with van der Waals surface area (Å²) in [6, 6.07) is 19.5. The van der Waals surface area contributed by atoms with E-state index in [1.165, 1.54) is 60.8 Å². The summed E-state index contributed by atoms with van der Waals surface area (Å²) in [4.78, 5) is 31.0. The maximum Gasteiger partial charge on any atom is 0.335 e. The Morgan fingerprint density at radius 3 is 2.21 bits per heavy atom. The van der Waals surface area contributed by atoms with Crippen LogP contribution in [0.15, 0.2) is 72.8 Å². The number of allylic oxidation sites excluding steroid dienone is 3. The summed E-state index contributed by atoms with van der Waals surface area (Å²) < 4.78 is 0. The van der Waals surface area contributed by atoms with E-state index in [2.05, 4.69) is 99.6 Å². The highest BCUT2D eigenvalue weighted by Gasteiger charge is 2.70. The normalized spacial score (nSPS) is 41.2. The molecule has 5 aliphatic carbocycles. The van der Waals surface area contributed by atoms with E-state index in [4.69, 9.17) is 0 Å². The fraction of sp³-hybridized carbons (Fsp3) is 0.640. The molecule has 0 radical (unpaired) electrons. The molecule has 9 rings (SSSR count). The van der Waals surface area contributed by atoms with Crippen LogP contribution in [0.4, 0.5) is 0 Å². The van der Waals surface area contributed by atoms with Crippen LogP contribution in [-0.2, 0) is 11.3 Å². The van der Waals surface area contributed by atoms with Gasteiger partial charge in [-0.15, -0.1) is 0 Å². The molecule has 2 saturated heterocycles. The van der Waals surface area contributed by atoms with E-state index < -0.39 is 5.97 Å². The SMILES string of the molecule is C=C(C)[C@@H]1CC[C@]2(NC(=O)CN3CC4C[C@H]3CN4Cc3ccccc3)CC[C@]3(C)[C@H](CCC4[C@@]5(C)CC=C(c6ccc(C(=O)O)cc6)C(C)(C)C5CC[C@]43C)C12. The van der Waals surface area contributed by atoms with E-state index in [0.717, 1.165) is 45.3 Å². The van der Waals surface area contributed by atoms with Crippen molar-refractivity contribution in [1.29, 1.82) is 0 Å². The molecule has 2 N–H and O–H groups in total. The number of nitrogens with zero attached hydrogens (tertiary/aromatic N) is 2. The number of carboxylic acid groups (broad SMARTS) is 1. The van der Waals surface area contributed by atoms with Crippen molar-refractivity contribution in [3.63, 3.8) is 0 Å². The van der Waals surface area contributed by atoms with Gasteiger partial charge < -0.3 is 10.4 Å². The zero-order valence-corrected chi connectivity index (χ0v) is 35.1. The summed E-state index contributed by atoms with van der Waals surface area (Å²) >= 11 is 0. The van der Waals surface area contributed by atoms with Crippen LogP contribution in [0.3, 0.4) is 0 Å². The predicted octanol–water partition coefficient (Wildman–Crippen LogP) is 9.86. The van der Waals surface area contributed by atoms with Crippen LogP contribution >= 0.6 is 0 Å². The molecule has 2 aliphatic heterocycles. The van der Waals surface area contributed by atoms with Crippen LogP contribution in [0.5, 0.6) is 0 Å². The Hall–Kier alpha value is -3.22. The number of hydrogen-bond acceptors (Lipinski definition) is 4. The minimum absolute atomic E-state index is 0.00561. The number of carbonyl (C=O) groups is 2. The molecule has 0 spiro atoms. The fourth-order valence-corrected chi connectivity index (χ4v) is 15.8. The first-order chi connectivity index (χ1) is 26.6. The van der Waals surface area contributed by atoms with Gasteiger partial charge in [-0.1, -0.05) is 95.3 Å². The Balaban J connectivity index is 0.935. The highest BCUT2D eigenvalue weighted by atomic mass is 16.4. The highest BCUT2D eigenvalue weighted by Crippen LogP contribution is 2.76. The topological polar surface area (TPSA) is 72.9 Å². The summed E-state index contributed by atoms with van der Waals surface area (Å²) in [6.45, 7) is 23.4. The molecular weight excluding hydrogens is 691 g/mol. The van der Waals surface area contributed by atoms with Crippen LogP contribution < -0.4 is 5.32 Å². The zero-order chi connectivity index (χ0) is 39.4. The van der Waals surface area contributed by atoms with Gasteiger partial charge in [0, 0.05) is 37.3 Å². The number of nitrogens with one attached hydrogen (secondary N) is 1. The number of hydrogen-bond donors (Lipinski definition) is 2. The van der Waals surface area contributed by atoms with E-state index in [9.17, 15) is 14.7 Å². The van der Waals surface area contributed by atoms with Gasteiger partial charge in [-0.25, -0.2) is 4.79 Å². The van der Waals surface area contributed by atoms with Gasteiger partial charge in [-0.3, -0.25) is 14.6 Å². The molecule has 4 unspecified atom stereocenters. The molecule has 2 aromatic carbocycles. The van der Waals surface area contributed by atoms with Crippen molar-refractivity contribution in [2.24, 2.45) is 51.2 Å². The van der Waals surface area contributed by atoms with Crippen molar-refractivity contribution in [1.82, 2.24) is 15.1 Å². The van der Waals surface area contributed by atoms with Gasteiger partial charge >= 0.3 is 5.97 Å². The summed E-state index contributed by atoms with van der Waals surface area (Å²) in [5, 5.41) is 13.4. The van der Waals surface area contributed by atoms with Crippen LogP contribution in [-0.4, -0.2) is 64.0 Å². The van der Waals surface area contributed by atoms with E-state index >= 15 is 0 Å². The van der Waals surface area contributed by atoms with Crippen LogP contribution in [0.1, 0.15) is 127 Å². The van der Waals surface area contributed by atoms with Crippen molar-refractivity contribution in [3.05, 3.63) is 89.5 Å². The van der Waals surface area contributed by atoms with Crippen molar-refractivity contribution < 1.29 is 14.7 Å². The molecule has 11 atom stereocenters. The van der Waals surface area contributed by atoms with Crippen molar-refractivity contribution >= 4 is 17.4 Å². The Bertz CT molecular complexity index is 1920. The summed E-state index contributed by atoms with van der Waals surface area (Å²) in [5.41, 5.74) is 6.11. The fourth-order valence-electron chi connectivity index (χ4n) is 15.8. The first kappa shape index (κ1) is 38.3. The maximum absolute atomic E-state index is 14.3. The largest absolute Gasteiger partial charge is 0.478 e. The number of carbonyl (C=O) groups excluding carboxylic acids is 1. The van der Waals surface area contributed by atoms with E-state index in [-0.39, 0.29) is 33.1 Å². The second-order valence-corrected chi connectivity index (χ2v) is 21.2. The smallest absolute Gasteiger partial charge is 0.335 e. The lowest BCUT2D eigenvalue weighted by molar-refractivity contribution is -0.219. The minimum Gasteiger partial charge on any atom is -0.478 e. The first-order valence-electron chi connectivity index (χ1n) is 22.1. The number of likely N-dealkylation sites (tertiary alicyclic amines) is 2. The van der Waals surface area contributed by atoms with Gasteiger partial charge in [0.15, 0.2) is 0 Å². The number of benzene rings is 2. The average molecular weight is 758 g/mol. The van der Waals surface area contributed by atoms with Crippen molar-refractivity contribution in [2.75, 3.05) is 19.6 Å². The molecular formula is C50H67N3O3. The van der Waals surface area contributed by atoms with Gasteiger partial charge in [-0.2, -0.15) is 0 Å². The van der Waals surface area contributed by atoms with E-state index in [1.807, 2.05) is 12.1 Å². The number of piperazine rings is 1. The van der Waals surface area contributed by atoms with E-state index in [0.29, 0.717) is 53.8 Å². The van der Waals surface area contributed by atoms with E-state index in [1.54, 1.807) is 12.1 Å². The Labute approximate surface area is 336 Å². The molecule has 6 heteroatoms. The molecule has 2 aromatic rings. The third-order valence-corrected chi connectivity index (χ3v) is 18.5. The van der Waals surface area contributed by atoms with Gasteiger partial charge in [0.05, 0.1) is 12.1 Å². The molecule has 6 fully saturated rings. The van der Waals surface area contributed by atoms with Crippen molar-refractivity contribution in [3.8, 4) is 0 Å². The molecule has 300 valence electrons. The van der Waals surface area contributed by atoms with Crippen LogP contribution in [0.25, 0.3) is 5.57 Å². The van der Waals surface area contributed by atoms with Gasteiger partial charge in [-0.05, 0) is 151 Å². The monoisotopic (exact) mass is 758 g/mol. The molecule has 56 heavy (non-hydrogen) atoms. The number of fused-ring (bicyclic) bond motifs is 9. The lowest BCUT2D eigenvalue weighted by atomic mass is 9.33. The third kappa shape index (κ3) is 5.68. The summed E-state index contributed by atoms with van der Waals surface area (Å²) in [6.07, 6.45) is 14.3. The Morgan fingerprint density at radius 2 is 1.54 bits per heavy atom. The molecule has 4 saturated carbocycles. The molecule has 2 heterocycles. The van der Waals surface area contributed by atoms with Crippen LogP contribution in [0.2, 0.25) is 0 Å². The molecule has 1 amide bonds. The standard InChI is InChI=1S/C50H67N3O3/c1-32(2)38-19-24-50(51-43(54)31-53-30-36-27-37(53)29-52(36)28-33-11-9-8-10-12-33)26-25-48(6)40(44(38)50)17-18-42-47(5)22-20-39(34-13-15-35(16-14-34)45(55)56)46(3,4)41(47)21-23-49(42,48)7/h8-16,20,36-38,40-42,44H,1,17-19,21-31H2,2-7H3,(H,51,54)(H,55,56)/t36?,37-,38-,40+,41?,42?,44?,47-,48+,49+,50-/m0/s1. The molecule has 6 nitrogen and oxygen atoms in total. The molecule has 0 aromatic heterocycles. The third-order valence-electron chi connectivity index (χ3n) is 18.5. The second-order valence-electron chi connectivity index (χ2n) is 21.2. The molecule has 7 aliphatic rings. The lowest BCUT2D eigenvalue weighted by Gasteiger charge is -2.72. The summed E-state index contributed by atoms with van der Waals surface area (Å²) in [7, 11) is 0. The van der Waals surface area contributed by atoms with Gasteiger partial charge in [0.25, 0.3) is 0 Å². The van der Waals surface area contributed by atoms with Gasteiger partial charge in [0.1, 0.15) is 0 Å². The predicted molar refractivity (Wildman–Crippen MR) is 225 cm³/mol. The van der Waals surface area contributed by atoms with Crippen LogP contribution in [0, 0.1) is 51.2 Å². The zero-order valence-electron chi connectivity index (χ0n) is 35.1. The molecule has 2 bridgehead atoms. The first-order valence-corrected chi connectivity index (χ1v) is 22.1. The maximum atomic E-state index is 14.3. The number of amides is 1. The highest BCUT2D eigenvalue weighted by molar-refractivity contribution is 5.88. The Morgan fingerprint density at radius 1 is 0.821 bits per heavy atom. The number of carboxylic acids is 1. The van der Waals surface area contributed by atoms with Crippen molar-refractivity contribution in [2.45, 2.75) is 130 Å². The average Bonchev–Trinajstić information content (AvgIpc) is 3.85. The quantitative estimate of drug-likeness (QED) is 0.263. The number of aromatic carboxylic acids is 1. The minimum atomic E-state index is -0.869. The Kier molecular flexibility index (Phi) is 9.17. The van der Waals surface area contributed by atoms with Gasteiger partial charge in [0.2, 0.25) is 5.91 Å². The lowest BCUT2D eigenvalue weighted by Crippen LogP contribution is -2.68. The second kappa shape index (κ2) is 13.4. The number of rotatable bonds is 8. The summed E-state index contributed by atoms with van der Waals surface area (Å²) in [5.74, 6) is 2.08.